The van der Waals surface area contributed by atoms with Crippen molar-refractivity contribution in [3.8, 4) is 0 Å². The molecule has 7 heteroatoms. The monoisotopic (exact) mass is 385 g/mol. The third-order valence-corrected chi connectivity index (χ3v) is 4.07. The number of aromatic nitrogens is 1. The zero-order valence-electron chi connectivity index (χ0n) is 14.8. The molecule has 2 N–H and O–H groups in total. The summed E-state index contributed by atoms with van der Waals surface area (Å²) in [6.45, 7) is 0.739. The second-order valence-corrected chi connectivity index (χ2v) is 6.12. The Morgan fingerprint density at radius 3 is 2.25 bits per heavy atom. The van der Waals surface area contributed by atoms with Crippen LogP contribution in [0, 0.1) is 0 Å². The summed E-state index contributed by atoms with van der Waals surface area (Å²) in [5.74, 6) is -0.204. The molecule has 1 aromatic heterocycles. The van der Waals surface area contributed by atoms with Gasteiger partial charge in [-0.3, -0.25) is 4.79 Å². The Labute approximate surface area is 160 Å². The molecule has 0 spiro atoms. The smallest absolute Gasteiger partial charge is 0.383 e. The van der Waals surface area contributed by atoms with Crippen LogP contribution in [0.4, 0.5) is 24.7 Å². The fourth-order valence-corrected chi connectivity index (χ4v) is 2.57. The molecule has 3 aromatic rings. The molecule has 1 amide bonds. The molecule has 0 saturated carbocycles. The normalized spacial score (nSPS) is 11.1. The lowest BCUT2D eigenvalue weighted by Crippen LogP contribution is -2.14. The maximum Gasteiger partial charge on any atom is 0.416 e. The first-order valence-electron chi connectivity index (χ1n) is 8.64. The molecule has 0 atom stereocenters. The number of anilines is 2. The number of amides is 1. The molecule has 0 aliphatic heterocycles. The highest BCUT2D eigenvalue weighted by molar-refractivity contribution is 6.03. The number of halogens is 3. The van der Waals surface area contributed by atoms with Gasteiger partial charge in [0.25, 0.3) is 5.91 Å². The number of nitrogens with zero attached hydrogens (tertiary/aromatic N) is 1. The third-order valence-electron chi connectivity index (χ3n) is 4.07. The van der Waals surface area contributed by atoms with Gasteiger partial charge in [-0.25, -0.2) is 4.98 Å². The van der Waals surface area contributed by atoms with E-state index >= 15 is 0 Å². The number of nitrogens with one attached hydrogen (secondary N) is 2. The Kier molecular flexibility index (Phi) is 5.93. The van der Waals surface area contributed by atoms with Crippen molar-refractivity contribution in [2.75, 3.05) is 17.2 Å². The summed E-state index contributed by atoms with van der Waals surface area (Å²) in [5.41, 5.74) is 1.36. The van der Waals surface area contributed by atoms with Gasteiger partial charge in [-0.2, -0.15) is 13.2 Å². The quantitative estimate of drug-likeness (QED) is 0.627. The van der Waals surface area contributed by atoms with Gasteiger partial charge >= 0.3 is 6.18 Å². The Bertz CT molecular complexity index is 908. The van der Waals surface area contributed by atoms with Crippen LogP contribution >= 0.6 is 0 Å². The van der Waals surface area contributed by atoms with E-state index in [2.05, 4.69) is 27.8 Å². The minimum absolute atomic E-state index is 0.125. The van der Waals surface area contributed by atoms with E-state index < -0.39 is 17.6 Å². The number of hydrogen-bond acceptors (Lipinski definition) is 3. The van der Waals surface area contributed by atoms with E-state index in [9.17, 15) is 18.0 Å². The van der Waals surface area contributed by atoms with Crippen LogP contribution in [0.15, 0.2) is 72.9 Å². The average molecular weight is 385 g/mol. The molecule has 0 unspecified atom stereocenters. The highest BCUT2D eigenvalue weighted by atomic mass is 19.4. The van der Waals surface area contributed by atoms with Crippen molar-refractivity contribution in [3.63, 3.8) is 0 Å². The first kappa shape index (κ1) is 19.4. The number of carbonyl (C=O) groups is 1. The van der Waals surface area contributed by atoms with Gasteiger partial charge in [-0.15, -0.1) is 0 Å². The van der Waals surface area contributed by atoms with Gasteiger partial charge in [-0.1, -0.05) is 30.3 Å². The van der Waals surface area contributed by atoms with E-state index in [0.717, 1.165) is 42.9 Å². The molecule has 1 heterocycles. The van der Waals surface area contributed by atoms with Gasteiger partial charge in [0, 0.05) is 12.1 Å². The number of benzene rings is 2. The molecular formula is C21H18F3N3O. The SMILES string of the molecule is O=C(Nc1ccc(NCCc2ccccc2)cn1)c1ccc(C(F)(F)F)cc1. The van der Waals surface area contributed by atoms with Gasteiger partial charge in [0.1, 0.15) is 5.82 Å². The lowest BCUT2D eigenvalue weighted by Gasteiger charge is -2.09. The van der Waals surface area contributed by atoms with Crippen LogP contribution in [-0.4, -0.2) is 17.4 Å². The van der Waals surface area contributed by atoms with Crippen molar-refractivity contribution in [2.45, 2.75) is 12.6 Å². The van der Waals surface area contributed by atoms with Gasteiger partial charge in [0.15, 0.2) is 0 Å². The van der Waals surface area contributed by atoms with Gasteiger partial charge in [-0.05, 0) is 48.4 Å². The summed E-state index contributed by atoms with van der Waals surface area (Å²) in [5, 5.41) is 5.81. The molecule has 0 aliphatic rings. The van der Waals surface area contributed by atoms with Crippen molar-refractivity contribution in [2.24, 2.45) is 0 Å². The molecular weight excluding hydrogens is 367 g/mol. The molecule has 0 radical (unpaired) electrons. The Balaban J connectivity index is 1.52. The number of pyridine rings is 1. The zero-order valence-corrected chi connectivity index (χ0v) is 14.8. The van der Waals surface area contributed by atoms with Crippen molar-refractivity contribution in [1.82, 2.24) is 4.98 Å². The Hall–Kier alpha value is -3.35. The topological polar surface area (TPSA) is 54.0 Å². The first-order valence-corrected chi connectivity index (χ1v) is 8.64. The van der Waals surface area contributed by atoms with Crippen molar-refractivity contribution in [3.05, 3.63) is 89.6 Å². The fraction of sp³-hybridized carbons (Fsp3) is 0.143. The summed E-state index contributed by atoms with van der Waals surface area (Å²) >= 11 is 0. The van der Waals surface area contributed by atoms with Crippen LogP contribution in [0.25, 0.3) is 0 Å². The number of hydrogen-bond donors (Lipinski definition) is 2. The molecule has 0 fully saturated rings. The summed E-state index contributed by atoms with van der Waals surface area (Å²) < 4.78 is 37.7. The van der Waals surface area contributed by atoms with Crippen LogP contribution in [0.5, 0.6) is 0 Å². The molecule has 3 rings (SSSR count). The summed E-state index contributed by atoms with van der Waals surface area (Å²) in [6.07, 6.45) is -1.97. The first-order chi connectivity index (χ1) is 13.4. The second kappa shape index (κ2) is 8.56. The second-order valence-electron chi connectivity index (χ2n) is 6.12. The van der Waals surface area contributed by atoms with Crippen LogP contribution in [0.3, 0.4) is 0 Å². The molecule has 4 nitrogen and oxygen atoms in total. The highest BCUT2D eigenvalue weighted by Crippen LogP contribution is 2.29. The predicted molar refractivity (Wildman–Crippen MR) is 102 cm³/mol. The zero-order chi connectivity index (χ0) is 20.0. The molecule has 2 aromatic carbocycles. The van der Waals surface area contributed by atoms with Crippen molar-refractivity contribution in [1.29, 1.82) is 0 Å². The lowest BCUT2D eigenvalue weighted by atomic mass is 10.1. The minimum atomic E-state index is -4.43. The van der Waals surface area contributed by atoms with Crippen LogP contribution in [0.2, 0.25) is 0 Å². The molecule has 28 heavy (non-hydrogen) atoms. The van der Waals surface area contributed by atoms with Gasteiger partial charge in [0.2, 0.25) is 0 Å². The van der Waals surface area contributed by atoms with E-state index in [0.29, 0.717) is 5.82 Å². The average Bonchev–Trinajstić information content (AvgIpc) is 2.69. The molecule has 0 saturated heterocycles. The van der Waals surface area contributed by atoms with E-state index in [1.54, 1.807) is 18.3 Å². The number of rotatable bonds is 6. The molecule has 144 valence electrons. The standard InChI is InChI=1S/C21H18F3N3O/c22-21(23,24)17-8-6-16(7-9-17)20(28)27-19-11-10-18(14-26-19)25-13-12-15-4-2-1-3-5-15/h1-11,14,25H,12-13H2,(H,26,27,28). The van der Waals surface area contributed by atoms with E-state index in [4.69, 9.17) is 0 Å². The number of alkyl halides is 3. The lowest BCUT2D eigenvalue weighted by molar-refractivity contribution is -0.137. The molecule has 0 bridgehead atoms. The van der Waals surface area contributed by atoms with Crippen molar-refractivity contribution < 1.29 is 18.0 Å². The fourth-order valence-electron chi connectivity index (χ4n) is 2.57. The highest BCUT2D eigenvalue weighted by Gasteiger charge is 2.30. The summed E-state index contributed by atoms with van der Waals surface area (Å²) in [6, 6.07) is 17.5. The summed E-state index contributed by atoms with van der Waals surface area (Å²) in [7, 11) is 0. The largest absolute Gasteiger partial charge is 0.416 e. The predicted octanol–water partition coefficient (Wildman–Crippen LogP) is 5.01. The van der Waals surface area contributed by atoms with Crippen LogP contribution in [-0.2, 0) is 12.6 Å². The van der Waals surface area contributed by atoms with Gasteiger partial charge in [0.05, 0.1) is 17.4 Å². The minimum Gasteiger partial charge on any atom is -0.383 e. The maximum atomic E-state index is 12.6. The Morgan fingerprint density at radius 1 is 0.929 bits per heavy atom. The maximum absolute atomic E-state index is 12.6. The van der Waals surface area contributed by atoms with Crippen LogP contribution < -0.4 is 10.6 Å². The Morgan fingerprint density at radius 2 is 1.64 bits per heavy atom. The summed E-state index contributed by atoms with van der Waals surface area (Å²) in [4.78, 5) is 16.3. The molecule has 0 aliphatic carbocycles. The third kappa shape index (κ3) is 5.33. The van der Waals surface area contributed by atoms with Crippen LogP contribution in [0.1, 0.15) is 21.5 Å². The number of carbonyl (C=O) groups excluding carboxylic acids is 1. The van der Waals surface area contributed by atoms with E-state index in [1.165, 1.54) is 5.56 Å². The van der Waals surface area contributed by atoms with Gasteiger partial charge < -0.3 is 10.6 Å². The van der Waals surface area contributed by atoms with E-state index in [1.807, 2.05) is 18.2 Å². The van der Waals surface area contributed by atoms with E-state index in [-0.39, 0.29) is 5.56 Å². The van der Waals surface area contributed by atoms with Crippen molar-refractivity contribution >= 4 is 17.4 Å².